The van der Waals surface area contributed by atoms with Crippen molar-refractivity contribution in [3.63, 3.8) is 0 Å². The van der Waals surface area contributed by atoms with Gasteiger partial charge in [0.05, 0.1) is 0 Å². The van der Waals surface area contributed by atoms with E-state index in [1.54, 1.807) is 0 Å². The number of hydrogen-bond donors (Lipinski definition) is 2. The molecule has 0 saturated carbocycles. The van der Waals surface area contributed by atoms with E-state index < -0.39 is 11.8 Å². The predicted octanol–water partition coefficient (Wildman–Crippen LogP) is 1.68. The molecule has 6 heteroatoms. The average molecular weight is 322 g/mol. The van der Waals surface area contributed by atoms with Gasteiger partial charge in [-0.1, -0.05) is 60.7 Å². The van der Waals surface area contributed by atoms with Crippen molar-refractivity contribution in [2.45, 2.75) is 12.8 Å². The molecule has 24 heavy (non-hydrogen) atoms. The van der Waals surface area contributed by atoms with Gasteiger partial charge < -0.3 is 0 Å². The maximum absolute atomic E-state index is 11.5. The highest BCUT2D eigenvalue weighted by molar-refractivity contribution is 6.35. The van der Waals surface area contributed by atoms with Crippen LogP contribution in [0.15, 0.2) is 70.9 Å². The van der Waals surface area contributed by atoms with Gasteiger partial charge in [0.15, 0.2) is 0 Å². The molecule has 2 aromatic carbocycles. The Morgan fingerprint density at radius 2 is 1.08 bits per heavy atom. The number of benzene rings is 2. The molecule has 0 spiro atoms. The second kappa shape index (κ2) is 9.68. The molecule has 0 aromatic heterocycles. The monoisotopic (exact) mass is 322 g/mol. The Morgan fingerprint density at radius 1 is 0.708 bits per heavy atom. The Balaban J connectivity index is 1.67. The second-order valence-corrected chi connectivity index (χ2v) is 4.88. The van der Waals surface area contributed by atoms with Crippen LogP contribution in [0.3, 0.4) is 0 Å². The van der Waals surface area contributed by atoms with Crippen LogP contribution < -0.4 is 10.9 Å². The number of nitrogens with zero attached hydrogens (tertiary/aromatic N) is 2. The molecule has 6 nitrogen and oxygen atoms in total. The zero-order chi connectivity index (χ0) is 17.0. The summed E-state index contributed by atoms with van der Waals surface area (Å²) in [4.78, 5) is 23.0. The lowest BCUT2D eigenvalue weighted by Crippen LogP contribution is -2.35. The lowest BCUT2D eigenvalue weighted by Gasteiger charge is -1.98. The molecular weight excluding hydrogens is 304 g/mol. The number of carbonyl (C=O) groups is 2. The molecule has 0 fully saturated rings. The largest absolute Gasteiger partial charge is 0.331 e. The normalized spacial score (nSPS) is 10.8. The lowest BCUT2D eigenvalue weighted by molar-refractivity contribution is -0.139. The van der Waals surface area contributed by atoms with E-state index in [0.29, 0.717) is 12.8 Å². The molecule has 0 atom stereocenters. The summed E-state index contributed by atoms with van der Waals surface area (Å²) in [6.45, 7) is 0. The third-order valence-electron chi connectivity index (χ3n) is 3.06. The molecule has 0 bridgehead atoms. The van der Waals surface area contributed by atoms with Crippen LogP contribution in [0.4, 0.5) is 0 Å². The van der Waals surface area contributed by atoms with E-state index >= 15 is 0 Å². The van der Waals surface area contributed by atoms with Crippen molar-refractivity contribution in [2.75, 3.05) is 0 Å². The van der Waals surface area contributed by atoms with Crippen molar-refractivity contribution >= 4 is 24.2 Å². The fourth-order valence-corrected chi connectivity index (χ4v) is 1.84. The first-order valence-electron chi connectivity index (χ1n) is 7.47. The van der Waals surface area contributed by atoms with Crippen LogP contribution in [0.25, 0.3) is 0 Å². The van der Waals surface area contributed by atoms with Gasteiger partial charge in [0.2, 0.25) is 0 Å². The highest BCUT2D eigenvalue weighted by Crippen LogP contribution is 1.97. The summed E-state index contributed by atoms with van der Waals surface area (Å²) >= 11 is 0. The van der Waals surface area contributed by atoms with Gasteiger partial charge in [0.25, 0.3) is 0 Å². The van der Waals surface area contributed by atoms with Crippen molar-refractivity contribution < 1.29 is 9.59 Å². The highest BCUT2D eigenvalue weighted by Gasteiger charge is 2.10. The van der Waals surface area contributed by atoms with Crippen molar-refractivity contribution in [3.8, 4) is 0 Å². The van der Waals surface area contributed by atoms with E-state index in [2.05, 4.69) is 21.1 Å². The molecule has 0 aliphatic rings. The summed E-state index contributed by atoms with van der Waals surface area (Å²) in [6, 6.07) is 19.3. The maximum Gasteiger partial charge on any atom is 0.331 e. The summed E-state index contributed by atoms with van der Waals surface area (Å²) in [5.41, 5.74) is 6.43. The van der Waals surface area contributed by atoms with Crippen molar-refractivity contribution in [2.24, 2.45) is 10.2 Å². The van der Waals surface area contributed by atoms with Crippen LogP contribution in [-0.4, -0.2) is 24.2 Å². The van der Waals surface area contributed by atoms with Gasteiger partial charge in [-0.05, 0) is 11.1 Å². The van der Waals surface area contributed by atoms with E-state index in [1.807, 2.05) is 60.7 Å². The van der Waals surface area contributed by atoms with Crippen LogP contribution in [0.5, 0.6) is 0 Å². The molecule has 0 radical (unpaired) electrons. The fraction of sp³-hybridized carbons (Fsp3) is 0.111. The third-order valence-corrected chi connectivity index (χ3v) is 3.06. The molecule has 0 aliphatic carbocycles. The maximum atomic E-state index is 11.5. The second-order valence-electron chi connectivity index (χ2n) is 4.88. The summed E-state index contributed by atoms with van der Waals surface area (Å²) in [6.07, 6.45) is 4.19. The van der Waals surface area contributed by atoms with Gasteiger partial charge in [0.1, 0.15) is 0 Å². The van der Waals surface area contributed by atoms with Crippen molar-refractivity contribution in [3.05, 3.63) is 71.8 Å². The number of hydrazone groups is 2. The highest BCUT2D eigenvalue weighted by atomic mass is 16.2. The Labute approximate surface area is 140 Å². The summed E-state index contributed by atoms with van der Waals surface area (Å²) in [7, 11) is 0. The minimum Gasteiger partial charge on any atom is -0.262 e. The number of hydrogen-bond acceptors (Lipinski definition) is 4. The van der Waals surface area contributed by atoms with E-state index in [0.717, 1.165) is 11.1 Å². The van der Waals surface area contributed by atoms with Crippen molar-refractivity contribution in [1.29, 1.82) is 0 Å². The Hall–Kier alpha value is -3.28. The van der Waals surface area contributed by atoms with Crippen LogP contribution in [0.2, 0.25) is 0 Å². The molecule has 0 heterocycles. The molecule has 0 unspecified atom stereocenters. The minimum atomic E-state index is -0.865. The SMILES string of the molecule is O=C(NN=CCc1ccccc1)C(=O)NN=CCc1ccccc1. The van der Waals surface area contributed by atoms with E-state index in [9.17, 15) is 9.59 Å². The van der Waals surface area contributed by atoms with E-state index in [4.69, 9.17) is 0 Å². The molecule has 0 saturated heterocycles. The summed E-state index contributed by atoms with van der Waals surface area (Å²) in [5.74, 6) is -1.73. The fourth-order valence-electron chi connectivity index (χ4n) is 1.84. The molecule has 2 N–H and O–H groups in total. The molecular formula is C18H18N4O2. The number of rotatable bonds is 6. The standard InChI is InChI=1S/C18H18N4O2/c23-17(21-19-13-11-15-7-3-1-4-8-15)18(24)22-20-14-12-16-9-5-2-6-10-16/h1-10,13-14H,11-12H2,(H,21,23)(H,22,24). The topological polar surface area (TPSA) is 82.9 Å². The molecule has 2 rings (SSSR count). The first-order valence-corrected chi connectivity index (χ1v) is 7.47. The Kier molecular flexibility index (Phi) is 6.89. The smallest absolute Gasteiger partial charge is 0.262 e. The first-order chi connectivity index (χ1) is 11.8. The third kappa shape index (κ3) is 6.23. The first kappa shape index (κ1) is 17.1. The minimum absolute atomic E-state index is 0.567. The lowest BCUT2D eigenvalue weighted by atomic mass is 10.2. The van der Waals surface area contributed by atoms with Crippen LogP contribution in [-0.2, 0) is 22.4 Å². The van der Waals surface area contributed by atoms with Crippen LogP contribution in [0, 0.1) is 0 Å². The van der Waals surface area contributed by atoms with Gasteiger partial charge in [-0.15, -0.1) is 0 Å². The Morgan fingerprint density at radius 3 is 1.46 bits per heavy atom. The zero-order valence-electron chi connectivity index (χ0n) is 13.1. The molecule has 2 aromatic rings. The van der Waals surface area contributed by atoms with E-state index in [-0.39, 0.29) is 0 Å². The van der Waals surface area contributed by atoms with Gasteiger partial charge in [-0.3, -0.25) is 9.59 Å². The predicted molar refractivity (Wildman–Crippen MR) is 93.6 cm³/mol. The molecule has 122 valence electrons. The van der Waals surface area contributed by atoms with Gasteiger partial charge >= 0.3 is 11.8 Å². The summed E-state index contributed by atoms with van der Waals surface area (Å²) < 4.78 is 0. The van der Waals surface area contributed by atoms with Crippen LogP contribution in [0.1, 0.15) is 11.1 Å². The quantitative estimate of drug-likeness (QED) is 0.482. The Bertz CT molecular complexity index is 649. The van der Waals surface area contributed by atoms with Gasteiger partial charge in [-0.2, -0.15) is 10.2 Å². The summed E-state index contributed by atoms with van der Waals surface area (Å²) in [5, 5.41) is 7.45. The van der Waals surface area contributed by atoms with E-state index in [1.165, 1.54) is 12.4 Å². The van der Waals surface area contributed by atoms with Crippen LogP contribution >= 0.6 is 0 Å². The van der Waals surface area contributed by atoms with Gasteiger partial charge in [0, 0.05) is 25.3 Å². The van der Waals surface area contributed by atoms with Gasteiger partial charge in [-0.25, -0.2) is 10.9 Å². The molecule has 0 aliphatic heterocycles. The van der Waals surface area contributed by atoms with Crippen molar-refractivity contribution in [1.82, 2.24) is 10.9 Å². The molecule has 2 amide bonds. The zero-order valence-corrected chi connectivity index (χ0v) is 13.1. The number of carbonyl (C=O) groups excluding carboxylic acids is 2. The number of amides is 2. The number of nitrogens with one attached hydrogen (secondary N) is 2. The average Bonchev–Trinajstić information content (AvgIpc) is 2.63.